The number of ketones is 1. The zero-order valence-electron chi connectivity index (χ0n) is 15.6. The second-order valence-electron chi connectivity index (χ2n) is 6.52. The van der Waals surface area contributed by atoms with Crippen LogP contribution in [0.2, 0.25) is 0 Å². The number of anilines is 1. The van der Waals surface area contributed by atoms with Crippen LogP contribution in [0.1, 0.15) is 17.2 Å². The van der Waals surface area contributed by atoms with Crippen molar-refractivity contribution in [1.82, 2.24) is 4.98 Å². The van der Waals surface area contributed by atoms with Crippen molar-refractivity contribution < 1.29 is 19.4 Å². The summed E-state index contributed by atoms with van der Waals surface area (Å²) < 4.78 is 5.18. The number of nitrogens with zero attached hydrogens (tertiary/aromatic N) is 2. The zero-order valence-corrected chi connectivity index (χ0v) is 15.6. The smallest absolute Gasteiger partial charge is 0.300 e. The summed E-state index contributed by atoms with van der Waals surface area (Å²) in [5, 5.41) is 10.9. The van der Waals surface area contributed by atoms with Crippen molar-refractivity contribution >= 4 is 23.1 Å². The highest BCUT2D eigenvalue weighted by Crippen LogP contribution is 2.42. The van der Waals surface area contributed by atoms with Crippen LogP contribution in [0.25, 0.3) is 5.76 Å². The van der Waals surface area contributed by atoms with E-state index in [4.69, 9.17) is 4.74 Å². The molecule has 1 N–H and O–H groups in total. The number of Topliss-reactive ketones (excluding diaryl/α,β-unsaturated/α-hetero) is 1. The number of rotatable bonds is 4. The van der Waals surface area contributed by atoms with Crippen molar-refractivity contribution in [2.24, 2.45) is 0 Å². The van der Waals surface area contributed by atoms with E-state index in [1.807, 2.05) is 6.07 Å². The Balaban J connectivity index is 1.91. The monoisotopic (exact) mass is 386 g/mol. The molecule has 3 aromatic rings. The third kappa shape index (κ3) is 3.25. The van der Waals surface area contributed by atoms with Gasteiger partial charge in [0.1, 0.15) is 11.5 Å². The number of carbonyl (C=O) groups is 2. The van der Waals surface area contributed by atoms with E-state index < -0.39 is 17.7 Å². The molecule has 4 rings (SSSR count). The first kappa shape index (κ1) is 18.4. The Bertz CT molecular complexity index is 1080. The number of benzene rings is 2. The number of pyridine rings is 1. The predicted molar refractivity (Wildman–Crippen MR) is 108 cm³/mol. The first-order chi connectivity index (χ1) is 14.1. The molecule has 1 aliphatic rings. The highest BCUT2D eigenvalue weighted by Gasteiger charge is 2.47. The predicted octanol–water partition coefficient (Wildman–Crippen LogP) is 3.72. The molecule has 0 saturated carbocycles. The van der Waals surface area contributed by atoms with Gasteiger partial charge < -0.3 is 9.84 Å². The fourth-order valence-electron chi connectivity index (χ4n) is 3.45. The Morgan fingerprint density at radius 1 is 1.00 bits per heavy atom. The quantitative estimate of drug-likeness (QED) is 0.420. The van der Waals surface area contributed by atoms with Gasteiger partial charge in [-0.15, -0.1) is 0 Å². The summed E-state index contributed by atoms with van der Waals surface area (Å²) in [7, 11) is 1.55. The van der Waals surface area contributed by atoms with Crippen LogP contribution in [-0.4, -0.2) is 28.9 Å². The van der Waals surface area contributed by atoms with Crippen molar-refractivity contribution in [2.45, 2.75) is 6.04 Å². The summed E-state index contributed by atoms with van der Waals surface area (Å²) in [6.45, 7) is 0. The maximum atomic E-state index is 13.0. The summed E-state index contributed by atoms with van der Waals surface area (Å²) >= 11 is 0. The highest BCUT2D eigenvalue weighted by atomic mass is 16.5. The zero-order chi connectivity index (χ0) is 20.4. The van der Waals surface area contributed by atoms with Crippen molar-refractivity contribution in [3.8, 4) is 5.75 Å². The van der Waals surface area contributed by atoms with Crippen LogP contribution < -0.4 is 9.64 Å². The van der Waals surface area contributed by atoms with Crippen LogP contribution >= 0.6 is 0 Å². The standard InChI is InChI=1S/C23H18N2O4/c1-29-18-11-9-17(10-12-18)25-20(16-8-5-13-24-14-16)19(22(27)23(25)28)21(26)15-6-3-2-4-7-15/h2-14,20,26H,1H3/b21-19-. The number of hydrogen-bond acceptors (Lipinski definition) is 5. The van der Waals surface area contributed by atoms with Crippen LogP contribution in [0.3, 0.4) is 0 Å². The third-order valence-electron chi connectivity index (χ3n) is 4.84. The van der Waals surface area contributed by atoms with Gasteiger partial charge in [-0.1, -0.05) is 36.4 Å². The molecule has 1 atom stereocenters. The van der Waals surface area contributed by atoms with E-state index in [9.17, 15) is 14.7 Å². The number of aliphatic hydroxyl groups is 1. The van der Waals surface area contributed by atoms with E-state index >= 15 is 0 Å². The van der Waals surface area contributed by atoms with Gasteiger partial charge in [0.05, 0.1) is 18.7 Å². The number of amides is 1. The largest absolute Gasteiger partial charge is 0.507 e. The molecule has 1 aliphatic heterocycles. The normalized spacial score (nSPS) is 18.1. The minimum atomic E-state index is -0.794. The fourth-order valence-corrected chi connectivity index (χ4v) is 3.45. The van der Waals surface area contributed by atoms with Crippen molar-refractivity contribution in [1.29, 1.82) is 0 Å². The first-order valence-electron chi connectivity index (χ1n) is 9.02. The van der Waals surface area contributed by atoms with Crippen LogP contribution in [0.4, 0.5) is 5.69 Å². The molecule has 1 aromatic heterocycles. The van der Waals surface area contributed by atoms with Crippen molar-refractivity contribution in [2.75, 3.05) is 12.0 Å². The maximum Gasteiger partial charge on any atom is 0.300 e. The molecular formula is C23H18N2O4. The van der Waals surface area contributed by atoms with Gasteiger partial charge in [-0.3, -0.25) is 19.5 Å². The minimum absolute atomic E-state index is 0.0324. The second-order valence-corrected chi connectivity index (χ2v) is 6.52. The molecule has 29 heavy (non-hydrogen) atoms. The third-order valence-corrected chi connectivity index (χ3v) is 4.84. The molecule has 1 fully saturated rings. The molecule has 1 unspecified atom stereocenters. The number of aromatic nitrogens is 1. The van der Waals surface area contributed by atoms with E-state index in [1.54, 1.807) is 80.2 Å². The first-order valence-corrected chi connectivity index (χ1v) is 9.02. The number of ether oxygens (including phenoxy) is 1. The summed E-state index contributed by atoms with van der Waals surface area (Å²) in [5.74, 6) is -1.03. The average molecular weight is 386 g/mol. The summed E-state index contributed by atoms with van der Waals surface area (Å²) in [4.78, 5) is 31.4. The van der Waals surface area contributed by atoms with Crippen LogP contribution in [0.5, 0.6) is 5.75 Å². The lowest BCUT2D eigenvalue weighted by Gasteiger charge is -2.25. The molecule has 6 nitrogen and oxygen atoms in total. The van der Waals surface area contributed by atoms with E-state index in [0.717, 1.165) is 0 Å². The van der Waals surface area contributed by atoms with Crippen molar-refractivity contribution in [3.05, 3.63) is 95.8 Å². The Morgan fingerprint density at radius 2 is 1.72 bits per heavy atom. The van der Waals surface area contributed by atoms with E-state index in [2.05, 4.69) is 4.98 Å². The Hall–Kier alpha value is -3.93. The SMILES string of the molecule is COc1ccc(N2C(=O)C(=O)/C(=C(\O)c3ccccc3)C2c2cccnc2)cc1. The lowest BCUT2D eigenvalue weighted by molar-refractivity contribution is -0.132. The number of methoxy groups -OCH3 is 1. The van der Waals surface area contributed by atoms with Crippen LogP contribution in [-0.2, 0) is 9.59 Å². The van der Waals surface area contributed by atoms with E-state index in [1.165, 1.54) is 4.90 Å². The summed E-state index contributed by atoms with van der Waals surface area (Å²) in [5.41, 5.74) is 1.65. The molecular weight excluding hydrogens is 368 g/mol. The second kappa shape index (κ2) is 7.59. The highest BCUT2D eigenvalue weighted by molar-refractivity contribution is 6.51. The molecule has 1 saturated heterocycles. The Morgan fingerprint density at radius 3 is 2.34 bits per heavy atom. The van der Waals surface area contributed by atoms with Gasteiger partial charge in [0.2, 0.25) is 0 Å². The van der Waals surface area contributed by atoms with Crippen LogP contribution in [0.15, 0.2) is 84.7 Å². The van der Waals surface area contributed by atoms with Crippen molar-refractivity contribution in [3.63, 3.8) is 0 Å². The number of aliphatic hydroxyl groups excluding tert-OH is 1. The van der Waals surface area contributed by atoms with Gasteiger partial charge in [0.15, 0.2) is 0 Å². The van der Waals surface area contributed by atoms with Gasteiger partial charge >= 0.3 is 0 Å². The Labute approximate surface area is 167 Å². The number of carbonyl (C=O) groups excluding carboxylic acids is 2. The fraction of sp³-hybridized carbons (Fsp3) is 0.0870. The average Bonchev–Trinajstić information content (AvgIpc) is 3.05. The summed E-state index contributed by atoms with van der Waals surface area (Å²) in [6.07, 6.45) is 3.20. The lowest BCUT2D eigenvalue weighted by atomic mass is 9.96. The van der Waals surface area contributed by atoms with Gasteiger partial charge in [0, 0.05) is 23.6 Å². The molecule has 0 bridgehead atoms. The molecule has 144 valence electrons. The van der Waals surface area contributed by atoms with Crippen LogP contribution in [0, 0.1) is 0 Å². The van der Waals surface area contributed by atoms with Gasteiger partial charge in [-0.05, 0) is 35.9 Å². The summed E-state index contributed by atoms with van der Waals surface area (Å²) in [6, 6.07) is 18.3. The van der Waals surface area contributed by atoms with E-state index in [0.29, 0.717) is 22.6 Å². The number of hydrogen-bond donors (Lipinski definition) is 1. The molecule has 2 heterocycles. The van der Waals surface area contributed by atoms with Gasteiger partial charge in [-0.2, -0.15) is 0 Å². The van der Waals surface area contributed by atoms with E-state index in [-0.39, 0.29) is 11.3 Å². The molecule has 6 heteroatoms. The topological polar surface area (TPSA) is 79.7 Å². The molecule has 0 spiro atoms. The molecule has 1 amide bonds. The van der Waals surface area contributed by atoms with Gasteiger partial charge in [0.25, 0.3) is 11.7 Å². The molecule has 2 aromatic carbocycles. The minimum Gasteiger partial charge on any atom is -0.507 e. The molecule has 0 aliphatic carbocycles. The lowest BCUT2D eigenvalue weighted by Crippen LogP contribution is -2.29. The van der Waals surface area contributed by atoms with Gasteiger partial charge in [-0.25, -0.2) is 0 Å². The maximum absolute atomic E-state index is 13.0. The Kier molecular flexibility index (Phi) is 4.83. The molecule has 0 radical (unpaired) electrons.